The van der Waals surface area contributed by atoms with Crippen molar-refractivity contribution >= 4 is 44.2 Å². The van der Waals surface area contributed by atoms with Gasteiger partial charge in [0.15, 0.2) is 0 Å². The molecule has 2 atom stereocenters. The third kappa shape index (κ3) is 12.7. The van der Waals surface area contributed by atoms with Crippen LogP contribution in [0.15, 0.2) is 33.1 Å². The molecule has 8 nitrogen and oxygen atoms in total. The fourth-order valence-electron chi connectivity index (χ4n) is 2.83. The normalized spacial score (nSPS) is 14.8. The van der Waals surface area contributed by atoms with Crippen molar-refractivity contribution in [2.24, 2.45) is 4.40 Å². The summed E-state index contributed by atoms with van der Waals surface area (Å²) in [7, 11) is -4.30. The lowest BCUT2D eigenvalue weighted by molar-refractivity contribution is -0.157. The number of esters is 1. The maximum absolute atomic E-state index is 13.6. The Hall–Kier alpha value is -2.15. The molecule has 0 radical (unpaired) electrons. The fourth-order valence-corrected chi connectivity index (χ4v) is 4.05. The summed E-state index contributed by atoms with van der Waals surface area (Å²) in [6.07, 6.45) is -5.87. The van der Waals surface area contributed by atoms with Crippen molar-refractivity contribution in [2.75, 3.05) is 5.75 Å². The minimum Gasteiger partial charge on any atom is -0.458 e. The van der Waals surface area contributed by atoms with Crippen LogP contribution in [0.4, 0.5) is 18.0 Å². The molecule has 36 heavy (non-hydrogen) atoms. The number of alkyl halides is 3. The number of hydrogen-bond donors (Lipinski definition) is 1. The molecule has 0 fully saturated rings. The largest absolute Gasteiger partial charge is 0.458 e. The standard InChI is InChI=1S/C23H32BrF3N2O6S/c1-21(2,3)34-19(30)18(29-20(31)35-22(4,5)6)11-13-28-36(32,33)14-12-17(23(25,26)27)15-7-9-16(24)10-8-15/h7-10,13,17-18H,11-12,14H2,1-6H3,(H,29,31)/t17?,18-/m0/s1. The molecule has 204 valence electrons. The number of halogens is 4. The van der Waals surface area contributed by atoms with Crippen LogP contribution in [0.25, 0.3) is 0 Å². The number of carbonyl (C=O) groups excluding carboxylic acids is 2. The molecule has 0 saturated heterocycles. The Labute approximate surface area is 218 Å². The van der Waals surface area contributed by atoms with Crippen LogP contribution >= 0.6 is 15.9 Å². The lowest BCUT2D eigenvalue weighted by Gasteiger charge is -2.25. The molecule has 0 bridgehead atoms. The van der Waals surface area contributed by atoms with Crippen LogP contribution in [0.1, 0.15) is 65.9 Å². The quantitative estimate of drug-likeness (QED) is 0.295. The summed E-state index contributed by atoms with van der Waals surface area (Å²) in [5.41, 5.74) is -1.83. The number of ether oxygens (including phenoxy) is 2. The summed E-state index contributed by atoms with van der Waals surface area (Å²) in [5, 5.41) is 2.30. The highest BCUT2D eigenvalue weighted by Crippen LogP contribution is 2.38. The molecule has 0 aromatic heterocycles. The van der Waals surface area contributed by atoms with Crippen LogP contribution in [-0.2, 0) is 24.3 Å². The van der Waals surface area contributed by atoms with Crippen molar-refractivity contribution in [3.8, 4) is 0 Å². The van der Waals surface area contributed by atoms with E-state index in [-0.39, 0.29) is 12.0 Å². The Balaban J connectivity index is 2.95. The van der Waals surface area contributed by atoms with Gasteiger partial charge in [-0.2, -0.15) is 17.6 Å². The van der Waals surface area contributed by atoms with Crippen molar-refractivity contribution in [3.05, 3.63) is 34.3 Å². The van der Waals surface area contributed by atoms with E-state index in [9.17, 15) is 31.2 Å². The minimum absolute atomic E-state index is 0.0727. The van der Waals surface area contributed by atoms with Crippen LogP contribution in [0.5, 0.6) is 0 Å². The van der Waals surface area contributed by atoms with E-state index in [0.29, 0.717) is 4.47 Å². The van der Waals surface area contributed by atoms with Gasteiger partial charge in [0.2, 0.25) is 0 Å². The van der Waals surface area contributed by atoms with Gasteiger partial charge >= 0.3 is 18.2 Å². The zero-order valence-electron chi connectivity index (χ0n) is 21.0. The second kappa shape index (κ2) is 12.4. The molecule has 0 spiro atoms. The molecule has 0 saturated carbocycles. The molecule has 1 unspecified atom stereocenters. The summed E-state index contributed by atoms with van der Waals surface area (Å²) in [6, 6.07) is 4.09. The van der Waals surface area contributed by atoms with Gasteiger partial charge in [-0.25, -0.2) is 18.0 Å². The van der Waals surface area contributed by atoms with E-state index in [1.165, 1.54) is 24.3 Å². The predicted molar refractivity (Wildman–Crippen MR) is 133 cm³/mol. The Kier molecular flexibility index (Phi) is 11.0. The second-order valence-electron chi connectivity index (χ2n) is 9.98. The van der Waals surface area contributed by atoms with Gasteiger partial charge < -0.3 is 14.8 Å². The number of hydrogen-bond acceptors (Lipinski definition) is 6. The monoisotopic (exact) mass is 600 g/mol. The second-order valence-corrected chi connectivity index (χ2v) is 12.7. The van der Waals surface area contributed by atoms with E-state index < -0.39 is 63.6 Å². The number of rotatable bonds is 9. The minimum atomic E-state index is -4.66. The van der Waals surface area contributed by atoms with Crippen molar-refractivity contribution in [2.45, 2.75) is 83.7 Å². The first-order chi connectivity index (χ1) is 16.2. The molecule has 0 aliphatic rings. The summed E-state index contributed by atoms with van der Waals surface area (Å²) >= 11 is 3.15. The molecule has 1 rings (SSSR count). The number of amides is 1. The van der Waals surface area contributed by atoms with Gasteiger partial charge in [-0.15, -0.1) is 0 Å². The fraction of sp³-hybridized carbons (Fsp3) is 0.609. The van der Waals surface area contributed by atoms with Crippen molar-refractivity contribution < 1.29 is 40.7 Å². The Morgan fingerprint density at radius 1 is 1.03 bits per heavy atom. The molecular formula is C23H32BrF3N2O6S. The lowest BCUT2D eigenvalue weighted by Crippen LogP contribution is -2.46. The topological polar surface area (TPSA) is 111 Å². The highest BCUT2D eigenvalue weighted by atomic mass is 79.9. The third-order valence-electron chi connectivity index (χ3n) is 4.29. The van der Waals surface area contributed by atoms with Gasteiger partial charge in [-0.05, 0) is 65.7 Å². The van der Waals surface area contributed by atoms with Crippen LogP contribution in [0, 0.1) is 0 Å². The Bertz CT molecular complexity index is 1030. The molecule has 1 aromatic rings. The van der Waals surface area contributed by atoms with Gasteiger partial charge in [0, 0.05) is 17.1 Å². The smallest absolute Gasteiger partial charge is 0.408 e. The summed E-state index contributed by atoms with van der Waals surface area (Å²) < 4.78 is 79.7. The average molecular weight is 601 g/mol. The van der Waals surface area contributed by atoms with Gasteiger partial charge in [-0.3, -0.25) is 0 Å². The summed E-state index contributed by atoms with van der Waals surface area (Å²) in [4.78, 5) is 24.6. The molecule has 1 amide bonds. The number of nitrogens with one attached hydrogen (secondary N) is 1. The third-order valence-corrected chi connectivity index (χ3v) is 6.04. The lowest BCUT2D eigenvalue weighted by atomic mass is 9.96. The highest BCUT2D eigenvalue weighted by Gasteiger charge is 2.41. The molecular weight excluding hydrogens is 569 g/mol. The van der Waals surface area contributed by atoms with E-state index >= 15 is 0 Å². The highest BCUT2D eigenvalue weighted by molar-refractivity contribution is 9.10. The van der Waals surface area contributed by atoms with E-state index in [2.05, 4.69) is 25.6 Å². The van der Waals surface area contributed by atoms with Gasteiger partial charge in [0.05, 0.1) is 11.7 Å². The van der Waals surface area contributed by atoms with Crippen molar-refractivity contribution in [1.29, 1.82) is 0 Å². The van der Waals surface area contributed by atoms with E-state index in [0.717, 1.165) is 6.21 Å². The predicted octanol–water partition coefficient (Wildman–Crippen LogP) is 5.51. The molecule has 0 aliphatic carbocycles. The first-order valence-corrected chi connectivity index (χ1v) is 13.4. The number of alkyl carbamates (subject to hydrolysis) is 1. The Morgan fingerprint density at radius 2 is 1.56 bits per heavy atom. The number of carbonyl (C=O) groups is 2. The van der Waals surface area contributed by atoms with Gasteiger partial charge in [0.1, 0.15) is 17.2 Å². The van der Waals surface area contributed by atoms with Gasteiger partial charge in [0.25, 0.3) is 10.0 Å². The SMILES string of the molecule is CC(C)(C)OC(=O)N[C@@H](CC=NS(=O)(=O)CCC(c1ccc(Br)cc1)C(F)(F)F)C(=O)OC(C)(C)C. The average Bonchev–Trinajstić information content (AvgIpc) is 2.64. The van der Waals surface area contributed by atoms with E-state index in [1.54, 1.807) is 41.5 Å². The number of nitrogens with zero attached hydrogens (tertiary/aromatic N) is 1. The van der Waals surface area contributed by atoms with Crippen LogP contribution in [-0.4, -0.2) is 55.9 Å². The number of sulfonamides is 1. The maximum atomic E-state index is 13.6. The summed E-state index contributed by atoms with van der Waals surface area (Å²) in [5.74, 6) is -3.73. The molecule has 1 N–H and O–H groups in total. The van der Waals surface area contributed by atoms with Crippen LogP contribution in [0.2, 0.25) is 0 Å². The van der Waals surface area contributed by atoms with Crippen molar-refractivity contribution in [3.63, 3.8) is 0 Å². The van der Waals surface area contributed by atoms with Crippen molar-refractivity contribution in [1.82, 2.24) is 5.32 Å². The zero-order valence-corrected chi connectivity index (χ0v) is 23.4. The first kappa shape index (κ1) is 31.9. The molecule has 0 heterocycles. The molecule has 1 aromatic carbocycles. The van der Waals surface area contributed by atoms with Crippen LogP contribution in [0.3, 0.4) is 0 Å². The zero-order chi connectivity index (χ0) is 27.9. The molecule has 0 aliphatic heterocycles. The maximum Gasteiger partial charge on any atom is 0.408 e. The Morgan fingerprint density at radius 3 is 2.03 bits per heavy atom. The number of benzene rings is 1. The van der Waals surface area contributed by atoms with Crippen LogP contribution < -0.4 is 5.32 Å². The summed E-state index contributed by atoms with van der Waals surface area (Å²) in [6.45, 7) is 9.67. The van der Waals surface area contributed by atoms with Gasteiger partial charge in [-0.1, -0.05) is 28.1 Å². The van der Waals surface area contributed by atoms with E-state index in [1.807, 2.05) is 0 Å². The van der Waals surface area contributed by atoms with E-state index in [4.69, 9.17) is 9.47 Å². The first-order valence-electron chi connectivity index (χ1n) is 11.0. The molecule has 13 heteroatoms.